The van der Waals surface area contributed by atoms with Gasteiger partial charge in [-0.25, -0.2) is 4.98 Å². The Bertz CT molecular complexity index is 484. The number of guanidine groups is 1. The Morgan fingerprint density at radius 1 is 1.48 bits per heavy atom. The molecule has 0 saturated carbocycles. The lowest BCUT2D eigenvalue weighted by Gasteiger charge is -2.00. The van der Waals surface area contributed by atoms with Gasteiger partial charge in [0.15, 0.2) is 5.96 Å². The van der Waals surface area contributed by atoms with Crippen molar-refractivity contribution in [3.8, 4) is 11.8 Å². The van der Waals surface area contributed by atoms with Gasteiger partial charge in [-0.2, -0.15) is 0 Å². The van der Waals surface area contributed by atoms with Crippen LogP contribution in [0, 0.1) is 11.8 Å². The molecular weight excluding hydrogens is 282 g/mol. The molecule has 4 N–H and O–H groups in total. The Kier molecular flexibility index (Phi) is 9.25. The first-order valence-corrected chi connectivity index (χ1v) is 8.21. The van der Waals surface area contributed by atoms with Crippen LogP contribution >= 0.6 is 11.3 Å². The van der Waals surface area contributed by atoms with E-state index in [0.29, 0.717) is 19.0 Å². The number of rotatable bonds is 9. The lowest BCUT2D eigenvalue weighted by atomic mass is 10.2. The van der Waals surface area contributed by atoms with Crippen LogP contribution < -0.4 is 16.4 Å². The van der Waals surface area contributed by atoms with Crippen LogP contribution in [-0.2, 0) is 12.8 Å². The van der Waals surface area contributed by atoms with Crippen LogP contribution in [0.4, 0.5) is 0 Å². The Morgan fingerprint density at radius 2 is 2.33 bits per heavy atom. The van der Waals surface area contributed by atoms with Crippen LogP contribution in [0.5, 0.6) is 0 Å². The molecule has 0 saturated heterocycles. The Balaban J connectivity index is 2.19. The summed E-state index contributed by atoms with van der Waals surface area (Å²) in [5.41, 5.74) is 6.87. The van der Waals surface area contributed by atoms with Gasteiger partial charge in [0.25, 0.3) is 0 Å². The molecule has 1 aromatic heterocycles. The summed E-state index contributed by atoms with van der Waals surface area (Å²) in [6.45, 7) is 7.18. The monoisotopic (exact) mass is 307 g/mol. The SMILES string of the molecule is CC#CCNC(N)=NCCCc1csc(CCNCC)n1. The number of hydrogen-bond acceptors (Lipinski definition) is 4. The normalized spacial score (nSPS) is 11.0. The second-order valence-corrected chi connectivity index (χ2v) is 5.43. The first kappa shape index (κ1) is 17.5. The molecule has 1 aromatic rings. The van der Waals surface area contributed by atoms with Crippen molar-refractivity contribution in [3.05, 3.63) is 16.1 Å². The molecule has 1 rings (SSSR count). The molecular formula is C15H25N5S. The number of aryl methyl sites for hydroxylation is 1. The van der Waals surface area contributed by atoms with Crippen LogP contribution in [0.1, 0.15) is 31.0 Å². The van der Waals surface area contributed by atoms with Crippen molar-refractivity contribution in [1.29, 1.82) is 0 Å². The van der Waals surface area contributed by atoms with E-state index in [1.54, 1.807) is 18.3 Å². The molecule has 116 valence electrons. The van der Waals surface area contributed by atoms with Gasteiger partial charge in [0, 0.05) is 24.9 Å². The number of nitrogens with zero attached hydrogens (tertiary/aromatic N) is 2. The highest BCUT2D eigenvalue weighted by Crippen LogP contribution is 2.11. The van der Waals surface area contributed by atoms with Crippen LogP contribution in [0.15, 0.2) is 10.4 Å². The van der Waals surface area contributed by atoms with Crippen molar-refractivity contribution >= 4 is 17.3 Å². The molecule has 0 fully saturated rings. The third kappa shape index (κ3) is 8.33. The molecule has 1 heterocycles. The fourth-order valence-corrected chi connectivity index (χ4v) is 2.52. The van der Waals surface area contributed by atoms with E-state index in [1.165, 1.54) is 5.01 Å². The summed E-state index contributed by atoms with van der Waals surface area (Å²) in [7, 11) is 0. The maximum atomic E-state index is 5.72. The Hall–Kier alpha value is -1.58. The minimum absolute atomic E-state index is 0.461. The van der Waals surface area contributed by atoms with Crippen molar-refractivity contribution in [3.63, 3.8) is 0 Å². The van der Waals surface area contributed by atoms with Crippen molar-refractivity contribution < 1.29 is 0 Å². The van der Waals surface area contributed by atoms with Gasteiger partial charge in [0.2, 0.25) is 0 Å². The van der Waals surface area contributed by atoms with Gasteiger partial charge in [0.1, 0.15) is 0 Å². The van der Waals surface area contributed by atoms with E-state index in [0.717, 1.165) is 38.0 Å². The molecule has 0 spiro atoms. The molecule has 0 amide bonds. The second kappa shape index (κ2) is 11.1. The fourth-order valence-electron chi connectivity index (χ4n) is 1.69. The highest BCUT2D eigenvalue weighted by Gasteiger charge is 2.01. The topological polar surface area (TPSA) is 75.3 Å². The molecule has 6 heteroatoms. The van der Waals surface area contributed by atoms with E-state index in [4.69, 9.17) is 5.73 Å². The molecule has 0 radical (unpaired) electrons. The van der Waals surface area contributed by atoms with Crippen molar-refractivity contribution in [2.75, 3.05) is 26.2 Å². The standard InChI is InChI=1S/C15H25N5S/c1-3-5-9-18-15(16)19-10-6-7-13-12-21-14(20-13)8-11-17-4-2/h12,17H,4,6-11H2,1-2H3,(H3,16,18,19). The van der Waals surface area contributed by atoms with E-state index in [9.17, 15) is 0 Å². The minimum atomic E-state index is 0.461. The van der Waals surface area contributed by atoms with Gasteiger partial charge in [-0.05, 0) is 26.3 Å². The highest BCUT2D eigenvalue weighted by atomic mass is 32.1. The number of hydrogen-bond donors (Lipinski definition) is 3. The maximum absolute atomic E-state index is 5.72. The molecule has 0 aliphatic carbocycles. The average Bonchev–Trinajstić information content (AvgIpc) is 2.92. The molecule has 0 aromatic carbocycles. The first-order valence-electron chi connectivity index (χ1n) is 7.33. The highest BCUT2D eigenvalue weighted by molar-refractivity contribution is 7.09. The summed E-state index contributed by atoms with van der Waals surface area (Å²) < 4.78 is 0. The van der Waals surface area contributed by atoms with E-state index < -0.39 is 0 Å². The largest absolute Gasteiger partial charge is 0.370 e. The third-order valence-corrected chi connectivity index (χ3v) is 3.73. The minimum Gasteiger partial charge on any atom is -0.370 e. The van der Waals surface area contributed by atoms with E-state index in [2.05, 4.69) is 44.8 Å². The Labute approximate surface area is 131 Å². The Morgan fingerprint density at radius 3 is 3.10 bits per heavy atom. The maximum Gasteiger partial charge on any atom is 0.189 e. The summed E-state index contributed by atoms with van der Waals surface area (Å²) in [5, 5.41) is 9.60. The van der Waals surface area contributed by atoms with Gasteiger partial charge in [-0.15, -0.1) is 17.3 Å². The zero-order valence-electron chi connectivity index (χ0n) is 12.9. The number of nitrogens with two attached hydrogens (primary N) is 1. The summed E-state index contributed by atoms with van der Waals surface area (Å²) >= 11 is 1.74. The molecule has 0 unspecified atom stereocenters. The van der Waals surface area contributed by atoms with Crippen molar-refractivity contribution in [2.45, 2.75) is 33.1 Å². The van der Waals surface area contributed by atoms with Gasteiger partial charge >= 0.3 is 0 Å². The van der Waals surface area contributed by atoms with Gasteiger partial charge in [-0.3, -0.25) is 4.99 Å². The van der Waals surface area contributed by atoms with E-state index in [-0.39, 0.29) is 0 Å². The fraction of sp³-hybridized carbons (Fsp3) is 0.600. The second-order valence-electron chi connectivity index (χ2n) is 4.49. The predicted molar refractivity (Wildman–Crippen MR) is 90.6 cm³/mol. The lowest BCUT2D eigenvalue weighted by Crippen LogP contribution is -2.32. The first-order chi connectivity index (χ1) is 10.3. The summed E-state index contributed by atoms with van der Waals surface area (Å²) in [4.78, 5) is 8.88. The number of aliphatic imine (C=N–C) groups is 1. The van der Waals surface area contributed by atoms with Crippen molar-refractivity contribution in [2.24, 2.45) is 10.7 Å². The number of thiazole rings is 1. The van der Waals surface area contributed by atoms with Crippen LogP contribution in [0.25, 0.3) is 0 Å². The zero-order valence-corrected chi connectivity index (χ0v) is 13.7. The molecule has 5 nitrogen and oxygen atoms in total. The number of likely N-dealkylation sites (N-methyl/N-ethyl adjacent to an activating group) is 1. The molecule has 21 heavy (non-hydrogen) atoms. The van der Waals surface area contributed by atoms with E-state index in [1.807, 2.05) is 0 Å². The van der Waals surface area contributed by atoms with Gasteiger partial charge < -0.3 is 16.4 Å². The molecule has 0 atom stereocenters. The lowest BCUT2D eigenvalue weighted by molar-refractivity contribution is 0.711. The average molecular weight is 307 g/mol. The zero-order chi connectivity index (χ0) is 15.3. The predicted octanol–water partition coefficient (Wildman–Crippen LogP) is 1.16. The quantitative estimate of drug-likeness (QED) is 0.277. The summed E-state index contributed by atoms with van der Waals surface area (Å²) in [6, 6.07) is 0. The summed E-state index contributed by atoms with van der Waals surface area (Å²) in [6.07, 6.45) is 2.91. The van der Waals surface area contributed by atoms with Gasteiger partial charge in [0.05, 0.1) is 17.2 Å². The molecule has 0 aliphatic heterocycles. The van der Waals surface area contributed by atoms with Crippen molar-refractivity contribution in [1.82, 2.24) is 15.6 Å². The van der Waals surface area contributed by atoms with Crippen LogP contribution in [0.2, 0.25) is 0 Å². The molecule has 0 aliphatic rings. The number of aromatic nitrogens is 1. The van der Waals surface area contributed by atoms with Crippen LogP contribution in [0.3, 0.4) is 0 Å². The third-order valence-electron chi connectivity index (χ3n) is 2.77. The number of nitrogens with one attached hydrogen (secondary N) is 2. The van der Waals surface area contributed by atoms with E-state index >= 15 is 0 Å². The smallest absolute Gasteiger partial charge is 0.189 e. The van der Waals surface area contributed by atoms with Gasteiger partial charge in [-0.1, -0.05) is 12.8 Å². The molecule has 0 bridgehead atoms. The summed E-state index contributed by atoms with van der Waals surface area (Å²) in [5.74, 6) is 6.14. The van der Waals surface area contributed by atoms with Crippen LogP contribution in [-0.4, -0.2) is 37.1 Å².